The highest BCUT2D eigenvalue weighted by Gasteiger charge is 2.45. The Morgan fingerprint density at radius 1 is 1.19 bits per heavy atom. The summed E-state index contributed by atoms with van der Waals surface area (Å²) in [6.07, 6.45) is 3.07. The van der Waals surface area contributed by atoms with Gasteiger partial charge in [0.05, 0.1) is 12.7 Å². The Morgan fingerprint density at radius 2 is 1.96 bits per heavy atom. The third-order valence-electron chi connectivity index (χ3n) is 4.61. The summed E-state index contributed by atoms with van der Waals surface area (Å²) < 4.78 is 35.3. The quantitative estimate of drug-likeness (QED) is 0.668. The number of hydrogen-bond acceptors (Lipinski definition) is 6. The standard InChI is InChI=1S/C18H16F2N4O2/c1-25-13-4-2-3-12(7-13)18(5-6-18)8-14-21-9-11(10-22-14)16-23-24-17(26-16)15(19)20/h2-4,7,9-10,15H,5-6,8H2,1H3. The van der Waals surface area contributed by atoms with Gasteiger partial charge in [0.2, 0.25) is 0 Å². The van der Waals surface area contributed by atoms with Crippen molar-refractivity contribution in [3.8, 4) is 17.2 Å². The first-order valence-electron chi connectivity index (χ1n) is 8.17. The van der Waals surface area contributed by atoms with Gasteiger partial charge >= 0.3 is 6.43 Å². The first-order valence-corrected chi connectivity index (χ1v) is 8.17. The smallest absolute Gasteiger partial charge is 0.314 e. The lowest BCUT2D eigenvalue weighted by atomic mass is 9.92. The van der Waals surface area contributed by atoms with Crippen LogP contribution in [0.5, 0.6) is 5.75 Å². The Morgan fingerprint density at radius 3 is 2.58 bits per heavy atom. The third-order valence-corrected chi connectivity index (χ3v) is 4.61. The van der Waals surface area contributed by atoms with Gasteiger partial charge in [-0.1, -0.05) is 12.1 Å². The Hall–Kier alpha value is -2.90. The lowest BCUT2D eigenvalue weighted by Gasteiger charge is -2.15. The molecule has 0 unspecified atom stereocenters. The molecule has 1 fully saturated rings. The van der Waals surface area contributed by atoms with Crippen LogP contribution in [-0.4, -0.2) is 27.3 Å². The molecule has 0 aliphatic heterocycles. The SMILES string of the molecule is COc1cccc(C2(Cc3ncc(-c4nnc(C(F)F)o4)cn3)CC2)c1. The van der Waals surface area contributed by atoms with E-state index in [9.17, 15) is 8.78 Å². The molecule has 1 aromatic carbocycles. The predicted molar refractivity (Wildman–Crippen MR) is 87.9 cm³/mol. The topological polar surface area (TPSA) is 73.9 Å². The van der Waals surface area contributed by atoms with Crippen molar-refractivity contribution in [2.45, 2.75) is 31.1 Å². The molecule has 134 valence electrons. The molecule has 3 aromatic rings. The normalized spacial score (nSPS) is 15.2. The minimum absolute atomic E-state index is 0.0132. The summed E-state index contributed by atoms with van der Waals surface area (Å²) >= 11 is 0. The van der Waals surface area contributed by atoms with E-state index in [4.69, 9.17) is 9.15 Å². The van der Waals surface area contributed by atoms with Crippen molar-refractivity contribution in [1.29, 1.82) is 0 Å². The van der Waals surface area contributed by atoms with E-state index >= 15 is 0 Å². The molecule has 26 heavy (non-hydrogen) atoms. The highest BCUT2D eigenvalue weighted by atomic mass is 19.3. The van der Waals surface area contributed by atoms with Crippen LogP contribution < -0.4 is 4.74 Å². The maximum Gasteiger partial charge on any atom is 0.314 e. The molecular weight excluding hydrogens is 342 g/mol. The predicted octanol–water partition coefficient (Wildman–Crippen LogP) is 3.75. The van der Waals surface area contributed by atoms with Crippen molar-refractivity contribution >= 4 is 0 Å². The molecule has 0 atom stereocenters. The summed E-state index contributed by atoms with van der Waals surface area (Å²) in [4.78, 5) is 8.69. The first kappa shape index (κ1) is 16.6. The third kappa shape index (κ3) is 3.14. The van der Waals surface area contributed by atoms with Crippen LogP contribution in [-0.2, 0) is 11.8 Å². The molecule has 0 bridgehead atoms. The van der Waals surface area contributed by atoms with Gasteiger partial charge in [-0.15, -0.1) is 10.2 Å². The highest BCUT2D eigenvalue weighted by molar-refractivity contribution is 5.49. The van der Waals surface area contributed by atoms with Gasteiger partial charge < -0.3 is 9.15 Å². The van der Waals surface area contributed by atoms with Gasteiger partial charge in [0.1, 0.15) is 11.6 Å². The number of alkyl halides is 2. The van der Waals surface area contributed by atoms with Crippen molar-refractivity contribution in [3.05, 3.63) is 53.9 Å². The number of benzene rings is 1. The number of rotatable bonds is 6. The minimum Gasteiger partial charge on any atom is -0.497 e. The molecule has 0 saturated heterocycles. The Labute approximate surface area is 148 Å². The molecular formula is C18H16F2N4O2. The van der Waals surface area contributed by atoms with Crippen molar-refractivity contribution < 1.29 is 17.9 Å². The Kier molecular flexibility index (Phi) is 4.10. The van der Waals surface area contributed by atoms with Crippen LogP contribution in [0.2, 0.25) is 0 Å². The molecule has 0 amide bonds. The van der Waals surface area contributed by atoms with Crippen LogP contribution in [0.4, 0.5) is 8.78 Å². The average Bonchev–Trinajstić information content (AvgIpc) is 3.27. The maximum atomic E-state index is 12.5. The summed E-state index contributed by atoms with van der Waals surface area (Å²) in [7, 11) is 1.65. The van der Waals surface area contributed by atoms with Crippen molar-refractivity contribution in [2.75, 3.05) is 7.11 Å². The molecule has 6 nitrogen and oxygen atoms in total. The van der Waals surface area contributed by atoms with Crippen LogP contribution in [0.3, 0.4) is 0 Å². The molecule has 2 heterocycles. The average molecular weight is 358 g/mol. The van der Waals surface area contributed by atoms with Gasteiger partial charge in [-0.2, -0.15) is 8.78 Å². The summed E-state index contributed by atoms with van der Waals surface area (Å²) in [6, 6.07) is 8.04. The van der Waals surface area contributed by atoms with Crippen molar-refractivity contribution in [2.24, 2.45) is 0 Å². The lowest BCUT2D eigenvalue weighted by Crippen LogP contribution is -2.13. The molecule has 1 saturated carbocycles. The summed E-state index contributed by atoms with van der Waals surface area (Å²) in [6.45, 7) is 0. The second-order valence-electron chi connectivity index (χ2n) is 6.32. The van der Waals surface area contributed by atoms with Crippen LogP contribution in [0, 0.1) is 0 Å². The highest BCUT2D eigenvalue weighted by Crippen LogP contribution is 2.50. The second kappa shape index (κ2) is 6.44. The van der Waals surface area contributed by atoms with E-state index in [1.54, 1.807) is 7.11 Å². The Balaban J connectivity index is 1.52. The molecule has 4 rings (SSSR count). The number of ether oxygens (including phenoxy) is 1. The maximum absolute atomic E-state index is 12.5. The molecule has 1 aliphatic rings. The molecule has 2 aromatic heterocycles. The van der Waals surface area contributed by atoms with Crippen LogP contribution in [0.1, 0.15) is 36.5 Å². The molecule has 0 spiro atoms. The monoisotopic (exact) mass is 358 g/mol. The Bertz CT molecular complexity index is 908. The summed E-state index contributed by atoms with van der Waals surface area (Å²) in [5.74, 6) is 0.791. The van der Waals surface area contributed by atoms with E-state index in [1.807, 2.05) is 18.2 Å². The van der Waals surface area contributed by atoms with Crippen LogP contribution in [0.25, 0.3) is 11.5 Å². The van der Waals surface area contributed by atoms with Gasteiger partial charge in [0, 0.05) is 24.2 Å². The van der Waals surface area contributed by atoms with Gasteiger partial charge in [-0.3, -0.25) is 0 Å². The van der Waals surface area contributed by atoms with E-state index < -0.39 is 12.3 Å². The zero-order valence-electron chi connectivity index (χ0n) is 14.0. The fourth-order valence-corrected chi connectivity index (χ4v) is 2.97. The largest absolute Gasteiger partial charge is 0.497 e. The number of methoxy groups -OCH3 is 1. The molecule has 0 N–H and O–H groups in total. The van der Waals surface area contributed by atoms with Crippen molar-refractivity contribution in [1.82, 2.24) is 20.2 Å². The fraction of sp³-hybridized carbons (Fsp3) is 0.333. The summed E-state index contributed by atoms with van der Waals surface area (Å²) in [5.41, 5.74) is 1.66. The van der Waals surface area contributed by atoms with E-state index in [2.05, 4.69) is 26.2 Å². The van der Waals surface area contributed by atoms with Gasteiger partial charge in [0.25, 0.3) is 11.8 Å². The summed E-state index contributed by atoms with van der Waals surface area (Å²) in [5, 5.41) is 6.91. The second-order valence-corrected chi connectivity index (χ2v) is 6.32. The lowest BCUT2D eigenvalue weighted by molar-refractivity contribution is 0.116. The molecule has 0 radical (unpaired) electrons. The zero-order valence-corrected chi connectivity index (χ0v) is 14.0. The van der Waals surface area contributed by atoms with E-state index in [0.29, 0.717) is 17.8 Å². The number of hydrogen-bond donors (Lipinski definition) is 0. The minimum atomic E-state index is -2.80. The van der Waals surface area contributed by atoms with E-state index in [0.717, 1.165) is 18.6 Å². The zero-order chi connectivity index (χ0) is 18.1. The first-order chi connectivity index (χ1) is 12.6. The van der Waals surface area contributed by atoms with E-state index in [-0.39, 0.29) is 11.3 Å². The number of aromatic nitrogens is 4. The van der Waals surface area contributed by atoms with Gasteiger partial charge in [-0.05, 0) is 30.5 Å². The van der Waals surface area contributed by atoms with Gasteiger partial charge in [0.15, 0.2) is 0 Å². The number of halogens is 2. The fourth-order valence-electron chi connectivity index (χ4n) is 2.97. The van der Waals surface area contributed by atoms with Crippen molar-refractivity contribution in [3.63, 3.8) is 0 Å². The molecule has 1 aliphatic carbocycles. The van der Waals surface area contributed by atoms with Crippen LogP contribution >= 0.6 is 0 Å². The van der Waals surface area contributed by atoms with Crippen LogP contribution in [0.15, 0.2) is 41.1 Å². The van der Waals surface area contributed by atoms with Gasteiger partial charge in [-0.25, -0.2) is 9.97 Å². The van der Waals surface area contributed by atoms with E-state index in [1.165, 1.54) is 18.0 Å². The number of nitrogens with zero attached hydrogens (tertiary/aromatic N) is 4. The molecule has 8 heteroatoms.